The first-order chi connectivity index (χ1) is 7.59. The maximum Gasteiger partial charge on any atom is 0.220 e. The summed E-state index contributed by atoms with van der Waals surface area (Å²) in [4.78, 5) is 15.6. The number of pyridine rings is 1. The van der Waals surface area contributed by atoms with Crippen LogP contribution in [0.15, 0.2) is 24.4 Å². The summed E-state index contributed by atoms with van der Waals surface area (Å²) in [6.45, 7) is 3.57. The maximum absolute atomic E-state index is 11.5. The van der Waals surface area contributed by atoms with Crippen molar-refractivity contribution in [3.8, 4) is 0 Å². The molecule has 2 N–H and O–H groups in total. The Labute approximate surface area is 95.7 Å². The van der Waals surface area contributed by atoms with Gasteiger partial charge < -0.3 is 10.4 Å². The molecule has 2 unspecified atom stereocenters. The zero-order valence-electron chi connectivity index (χ0n) is 9.68. The van der Waals surface area contributed by atoms with E-state index >= 15 is 0 Å². The molecule has 1 heterocycles. The molecule has 0 aliphatic heterocycles. The van der Waals surface area contributed by atoms with E-state index in [0.29, 0.717) is 12.8 Å². The Hall–Kier alpha value is -1.42. The molecule has 1 aromatic rings. The van der Waals surface area contributed by atoms with Gasteiger partial charge >= 0.3 is 0 Å². The largest absolute Gasteiger partial charge is 0.393 e. The van der Waals surface area contributed by atoms with E-state index in [0.717, 1.165) is 5.69 Å². The first-order valence-corrected chi connectivity index (χ1v) is 5.48. The van der Waals surface area contributed by atoms with Crippen LogP contribution in [-0.2, 0) is 4.79 Å². The Kier molecular flexibility index (Phi) is 4.92. The minimum Gasteiger partial charge on any atom is -0.393 e. The summed E-state index contributed by atoms with van der Waals surface area (Å²) in [5.41, 5.74) is 0.841. The first-order valence-electron chi connectivity index (χ1n) is 5.48. The lowest BCUT2D eigenvalue weighted by molar-refractivity contribution is -0.122. The topological polar surface area (TPSA) is 62.2 Å². The molecule has 1 rings (SSSR count). The zero-order valence-corrected chi connectivity index (χ0v) is 9.68. The number of nitrogens with zero attached hydrogens (tertiary/aromatic N) is 1. The van der Waals surface area contributed by atoms with Crippen molar-refractivity contribution >= 4 is 5.91 Å². The number of nitrogens with one attached hydrogen (secondary N) is 1. The van der Waals surface area contributed by atoms with E-state index in [-0.39, 0.29) is 11.9 Å². The Morgan fingerprint density at radius 3 is 2.81 bits per heavy atom. The minimum atomic E-state index is -0.434. The second-order valence-electron chi connectivity index (χ2n) is 3.93. The van der Waals surface area contributed by atoms with Crippen LogP contribution in [0.4, 0.5) is 0 Å². The average Bonchev–Trinajstić information content (AvgIpc) is 2.27. The Morgan fingerprint density at radius 1 is 1.50 bits per heavy atom. The van der Waals surface area contributed by atoms with Gasteiger partial charge in [0.1, 0.15) is 0 Å². The van der Waals surface area contributed by atoms with E-state index in [9.17, 15) is 4.79 Å². The molecule has 0 aliphatic rings. The zero-order chi connectivity index (χ0) is 12.0. The fourth-order valence-electron chi connectivity index (χ4n) is 1.36. The van der Waals surface area contributed by atoms with Gasteiger partial charge in [-0.1, -0.05) is 6.07 Å². The summed E-state index contributed by atoms with van der Waals surface area (Å²) >= 11 is 0. The molecule has 1 amide bonds. The first kappa shape index (κ1) is 12.6. The third kappa shape index (κ3) is 4.40. The van der Waals surface area contributed by atoms with Gasteiger partial charge in [0.05, 0.1) is 17.8 Å². The van der Waals surface area contributed by atoms with Gasteiger partial charge in [-0.25, -0.2) is 0 Å². The van der Waals surface area contributed by atoms with Gasteiger partial charge in [-0.3, -0.25) is 9.78 Å². The predicted molar refractivity (Wildman–Crippen MR) is 61.7 cm³/mol. The van der Waals surface area contributed by atoms with Gasteiger partial charge in [-0.2, -0.15) is 0 Å². The highest BCUT2D eigenvalue weighted by Crippen LogP contribution is 2.08. The molecule has 0 fully saturated rings. The van der Waals surface area contributed by atoms with E-state index in [1.807, 2.05) is 25.1 Å². The van der Waals surface area contributed by atoms with Crippen molar-refractivity contribution in [2.45, 2.75) is 38.8 Å². The van der Waals surface area contributed by atoms with Gasteiger partial charge in [-0.05, 0) is 32.4 Å². The lowest BCUT2D eigenvalue weighted by Crippen LogP contribution is -2.27. The van der Waals surface area contributed by atoms with Gasteiger partial charge in [0.25, 0.3) is 0 Å². The summed E-state index contributed by atoms with van der Waals surface area (Å²) < 4.78 is 0. The number of hydrogen-bond donors (Lipinski definition) is 2. The maximum atomic E-state index is 11.5. The number of rotatable bonds is 5. The van der Waals surface area contributed by atoms with Crippen molar-refractivity contribution in [2.75, 3.05) is 0 Å². The van der Waals surface area contributed by atoms with E-state index in [1.165, 1.54) is 0 Å². The molecule has 0 saturated carbocycles. The van der Waals surface area contributed by atoms with Crippen molar-refractivity contribution in [3.05, 3.63) is 30.1 Å². The number of carbonyl (C=O) groups is 1. The van der Waals surface area contributed by atoms with Crippen LogP contribution in [0.2, 0.25) is 0 Å². The third-order valence-corrected chi connectivity index (χ3v) is 2.30. The van der Waals surface area contributed by atoms with Gasteiger partial charge in [0, 0.05) is 12.6 Å². The molecule has 0 saturated heterocycles. The molecule has 4 nitrogen and oxygen atoms in total. The van der Waals surface area contributed by atoms with Crippen molar-refractivity contribution in [1.82, 2.24) is 10.3 Å². The SMILES string of the molecule is CC(O)CCC(=O)NC(C)c1ccccn1. The standard InChI is InChI=1S/C12H18N2O2/c1-9(15)6-7-12(16)14-10(2)11-5-3-4-8-13-11/h3-5,8-10,15H,6-7H2,1-2H3,(H,14,16). The highest BCUT2D eigenvalue weighted by atomic mass is 16.3. The second kappa shape index (κ2) is 6.23. The van der Waals surface area contributed by atoms with Gasteiger partial charge in [-0.15, -0.1) is 0 Å². The van der Waals surface area contributed by atoms with Crippen LogP contribution in [0, 0.1) is 0 Å². The lowest BCUT2D eigenvalue weighted by atomic mass is 10.2. The average molecular weight is 222 g/mol. The van der Waals surface area contributed by atoms with Crippen LogP contribution < -0.4 is 5.32 Å². The monoisotopic (exact) mass is 222 g/mol. The molecule has 16 heavy (non-hydrogen) atoms. The van der Waals surface area contributed by atoms with Crippen LogP contribution in [0.3, 0.4) is 0 Å². The molecular formula is C12H18N2O2. The molecule has 0 radical (unpaired) electrons. The Balaban J connectivity index is 2.40. The smallest absolute Gasteiger partial charge is 0.220 e. The quantitative estimate of drug-likeness (QED) is 0.792. The van der Waals surface area contributed by atoms with Crippen LogP contribution in [0.25, 0.3) is 0 Å². The number of carbonyl (C=O) groups excluding carboxylic acids is 1. The van der Waals surface area contributed by atoms with Crippen LogP contribution in [0.1, 0.15) is 38.4 Å². The Bertz CT molecular complexity index is 325. The molecular weight excluding hydrogens is 204 g/mol. The van der Waals surface area contributed by atoms with E-state index in [4.69, 9.17) is 5.11 Å². The highest BCUT2D eigenvalue weighted by molar-refractivity contribution is 5.76. The number of aliphatic hydroxyl groups excluding tert-OH is 1. The van der Waals surface area contributed by atoms with E-state index < -0.39 is 6.10 Å². The second-order valence-corrected chi connectivity index (χ2v) is 3.93. The normalized spacial score (nSPS) is 14.2. The third-order valence-electron chi connectivity index (χ3n) is 2.30. The molecule has 4 heteroatoms. The van der Waals surface area contributed by atoms with Crippen LogP contribution in [-0.4, -0.2) is 22.1 Å². The van der Waals surface area contributed by atoms with Crippen molar-refractivity contribution < 1.29 is 9.90 Å². The van der Waals surface area contributed by atoms with Gasteiger partial charge in [0.15, 0.2) is 0 Å². The van der Waals surface area contributed by atoms with E-state index in [2.05, 4.69) is 10.3 Å². The predicted octanol–water partition coefficient (Wildman–Crippen LogP) is 1.42. The highest BCUT2D eigenvalue weighted by Gasteiger charge is 2.10. The molecule has 88 valence electrons. The molecule has 1 aromatic heterocycles. The Morgan fingerprint density at radius 2 is 2.25 bits per heavy atom. The minimum absolute atomic E-state index is 0.0564. The summed E-state index contributed by atoms with van der Waals surface area (Å²) in [6, 6.07) is 5.51. The molecule has 0 aromatic carbocycles. The molecule has 0 spiro atoms. The summed E-state index contributed by atoms with van der Waals surface area (Å²) in [5, 5.41) is 11.9. The molecule has 2 atom stereocenters. The molecule has 0 aliphatic carbocycles. The number of hydrogen-bond acceptors (Lipinski definition) is 3. The van der Waals surface area contributed by atoms with Crippen molar-refractivity contribution in [1.29, 1.82) is 0 Å². The summed E-state index contributed by atoms with van der Waals surface area (Å²) in [5.74, 6) is -0.0564. The molecule has 0 bridgehead atoms. The lowest BCUT2D eigenvalue weighted by Gasteiger charge is -2.13. The van der Waals surface area contributed by atoms with Crippen LogP contribution >= 0.6 is 0 Å². The number of aromatic nitrogens is 1. The van der Waals surface area contributed by atoms with Crippen molar-refractivity contribution in [3.63, 3.8) is 0 Å². The van der Waals surface area contributed by atoms with Crippen molar-refractivity contribution in [2.24, 2.45) is 0 Å². The summed E-state index contributed by atoms with van der Waals surface area (Å²) in [7, 11) is 0. The van der Waals surface area contributed by atoms with Gasteiger partial charge in [0.2, 0.25) is 5.91 Å². The number of aliphatic hydroxyl groups is 1. The van der Waals surface area contributed by atoms with E-state index in [1.54, 1.807) is 13.1 Å². The fraction of sp³-hybridized carbons (Fsp3) is 0.500. The van der Waals surface area contributed by atoms with Crippen LogP contribution in [0.5, 0.6) is 0 Å². The fourth-order valence-corrected chi connectivity index (χ4v) is 1.36. The number of amides is 1. The summed E-state index contributed by atoms with van der Waals surface area (Å²) in [6.07, 6.45) is 2.10.